The zero-order chi connectivity index (χ0) is 21.9. The molecule has 176 valence electrons. The zero-order valence-electron chi connectivity index (χ0n) is 19.9. The molecule has 0 atom stereocenters. The van der Waals surface area contributed by atoms with E-state index in [-0.39, 0.29) is 0 Å². The first kappa shape index (κ1) is 24.5. The topological polar surface area (TPSA) is 61.8 Å². The molecule has 0 unspecified atom stereocenters. The van der Waals surface area contributed by atoms with Crippen LogP contribution >= 0.6 is 11.3 Å². The number of nitrogens with one attached hydrogen (secondary N) is 2. The SMILES string of the molecule is CCOCCC1(CNC(=NC)NCC2CCN(Cc3csc(CC)n3)CC2)CCCC1. The van der Waals surface area contributed by atoms with Gasteiger partial charge in [-0.05, 0) is 69.9 Å². The number of piperidine rings is 1. The first-order valence-electron chi connectivity index (χ1n) is 12.3. The summed E-state index contributed by atoms with van der Waals surface area (Å²) in [6.45, 7) is 11.3. The molecular weight excluding hydrogens is 406 g/mol. The van der Waals surface area contributed by atoms with Crippen LogP contribution in [0.2, 0.25) is 0 Å². The fourth-order valence-corrected chi connectivity index (χ4v) is 5.70. The second-order valence-electron chi connectivity index (χ2n) is 9.27. The number of hydrogen-bond acceptors (Lipinski definition) is 5. The minimum Gasteiger partial charge on any atom is -0.382 e. The molecule has 31 heavy (non-hydrogen) atoms. The van der Waals surface area contributed by atoms with Crippen LogP contribution in [0.5, 0.6) is 0 Å². The van der Waals surface area contributed by atoms with Gasteiger partial charge in [0.05, 0.1) is 10.7 Å². The lowest BCUT2D eigenvalue weighted by Crippen LogP contribution is -2.46. The summed E-state index contributed by atoms with van der Waals surface area (Å²) >= 11 is 1.80. The monoisotopic (exact) mass is 449 g/mol. The Morgan fingerprint density at radius 3 is 2.68 bits per heavy atom. The van der Waals surface area contributed by atoms with Crippen LogP contribution in [0.4, 0.5) is 0 Å². The lowest BCUT2D eigenvalue weighted by Gasteiger charge is -2.32. The first-order valence-corrected chi connectivity index (χ1v) is 13.2. The molecule has 1 aliphatic heterocycles. The van der Waals surface area contributed by atoms with Gasteiger partial charge in [0, 0.05) is 45.3 Å². The molecule has 0 spiro atoms. The van der Waals surface area contributed by atoms with Gasteiger partial charge in [-0.3, -0.25) is 9.89 Å². The van der Waals surface area contributed by atoms with E-state index in [1.165, 1.54) is 49.2 Å². The molecule has 0 amide bonds. The Bertz CT molecular complexity index is 663. The second-order valence-corrected chi connectivity index (χ2v) is 10.2. The van der Waals surface area contributed by atoms with E-state index in [2.05, 4.69) is 39.8 Å². The maximum atomic E-state index is 5.65. The van der Waals surface area contributed by atoms with Gasteiger partial charge < -0.3 is 15.4 Å². The number of rotatable bonds is 11. The molecule has 6 nitrogen and oxygen atoms in total. The quantitative estimate of drug-likeness (QED) is 0.303. The maximum Gasteiger partial charge on any atom is 0.191 e. The van der Waals surface area contributed by atoms with Crippen molar-refractivity contribution in [3.05, 3.63) is 16.1 Å². The van der Waals surface area contributed by atoms with E-state index in [1.54, 1.807) is 11.3 Å². The van der Waals surface area contributed by atoms with Gasteiger partial charge in [0.1, 0.15) is 0 Å². The van der Waals surface area contributed by atoms with Crippen LogP contribution in [0.15, 0.2) is 10.4 Å². The fourth-order valence-electron chi connectivity index (χ4n) is 4.97. The molecular formula is C24H43N5OS. The Labute approximate surface area is 193 Å². The summed E-state index contributed by atoms with van der Waals surface area (Å²) in [5, 5.41) is 10.7. The zero-order valence-corrected chi connectivity index (χ0v) is 20.7. The normalized spacial score (nSPS) is 20.3. The van der Waals surface area contributed by atoms with Crippen molar-refractivity contribution in [1.29, 1.82) is 0 Å². The number of hydrogen-bond donors (Lipinski definition) is 2. The molecule has 1 aromatic heterocycles. The van der Waals surface area contributed by atoms with Gasteiger partial charge in [-0.2, -0.15) is 0 Å². The number of guanidine groups is 1. The van der Waals surface area contributed by atoms with Crippen molar-refractivity contribution < 1.29 is 4.74 Å². The van der Waals surface area contributed by atoms with Gasteiger partial charge in [-0.15, -0.1) is 11.3 Å². The molecule has 0 bridgehead atoms. The Kier molecular flexibility index (Phi) is 10.1. The highest BCUT2D eigenvalue weighted by molar-refractivity contribution is 7.09. The van der Waals surface area contributed by atoms with Gasteiger partial charge in [0.2, 0.25) is 0 Å². The van der Waals surface area contributed by atoms with Crippen molar-refractivity contribution in [1.82, 2.24) is 20.5 Å². The molecule has 1 saturated carbocycles. The van der Waals surface area contributed by atoms with Crippen LogP contribution in [0.3, 0.4) is 0 Å². The van der Waals surface area contributed by atoms with Crippen molar-refractivity contribution in [2.45, 2.75) is 71.8 Å². The molecule has 7 heteroatoms. The van der Waals surface area contributed by atoms with Gasteiger partial charge in [-0.25, -0.2) is 4.98 Å². The third-order valence-corrected chi connectivity index (χ3v) is 8.09. The van der Waals surface area contributed by atoms with Crippen LogP contribution in [0, 0.1) is 11.3 Å². The second kappa shape index (κ2) is 12.8. The van der Waals surface area contributed by atoms with Crippen molar-refractivity contribution in [2.24, 2.45) is 16.3 Å². The van der Waals surface area contributed by atoms with Crippen molar-refractivity contribution in [3.8, 4) is 0 Å². The Balaban J connectivity index is 1.36. The highest BCUT2D eigenvalue weighted by Gasteiger charge is 2.33. The molecule has 1 aromatic rings. The maximum absolute atomic E-state index is 5.65. The Morgan fingerprint density at radius 2 is 2.03 bits per heavy atom. The van der Waals surface area contributed by atoms with Crippen LogP contribution in [0.1, 0.15) is 69.5 Å². The number of aromatic nitrogens is 1. The molecule has 2 heterocycles. The van der Waals surface area contributed by atoms with E-state index in [0.717, 1.165) is 70.7 Å². The molecule has 2 aliphatic rings. The van der Waals surface area contributed by atoms with Crippen LogP contribution < -0.4 is 10.6 Å². The number of nitrogens with zero attached hydrogens (tertiary/aromatic N) is 3. The summed E-state index contributed by atoms with van der Waals surface area (Å²) in [7, 11) is 1.89. The summed E-state index contributed by atoms with van der Waals surface area (Å²) in [6, 6.07) is 0. The number of thiazole rings is 1. The van der Waals surface area contributed by atoms with Crippen LogP contribution in [-0.2, 0) is 17.7 Å². The number of aliphatic imine (C=N–C) groups is 1. The first-order chi connectivity index (χ1) is 15.2. The summed E-state index contributed by atoms with van der Waals surface area (Å²) in [4.78, 5) is 11.8. The van der Waals surface area contributed by atoms with Crippen molar-refractivity contribution >= 4 is 17.3 Å². The van der Waals surface area contributed by atoms with E-state index in [0.29, 0.717) is 5.41 Å². The van der Waals surface area contributed by atoms with Crippen LogP contribution in [-0.4, -0.2) is 62.3 Å². The predicted molar refractivity (Wildman–Crippen MR) is 131 cm³/mol. The molecule has 1 aliphatic carbocycles. The van der Waals surface area contributed by atoms with E-state index in [9.17, 15) is 0 Å². The molecule has 1 saturated heterocycles. The number of ether oxygens (including phenoxy) is 1. The molecule has 0 aromatic carbocycles. The largest absolute Gasteiger partial charge is 0.382 e. The van der Waals surface area contributed by atoms with Gasteiger partial charge in [0.25, 0.3) is 0 Å². The smallest absolute Gasteiger partial charge is 0.191 e. The van der Waals surface area contributed by atoms with Gasteiger partial charge >= 0.3 is 0 Å². The molecule has 0 radical (unpaired) electrons. The van der Waals surface area contributed by atoms with Crippen LogP contribution in [0.25, 0.3) is 0 Å². The third kappa shape index (κ3) is 7.72. The van der Waals surface area contributed by atoms with E-state index in [4.69, 9.17) is 9.72 Å². The lowest BCUT2D eigenvalue weighted by atomic mass is 9.83. The Hall–Kier alpha value is -1.18. The molecule has 3 rings (SSSR count). The average Bonchev–Trinajstić information content (AvgIpc) is 3.45. The van der Waals surface area contributed by atoms with Crippen molar-refractivity contribution in [3.63, 3.8) is 0 Å². The lowest BCUT2D eigenvalue weighted by molar-refractivity contribution is 0.105. The predicted octanol–water partition coefficient (Wildman–Crippen LogP) is 4.07. The summed E-state index contributed by atoms with van der Waals surface area (Å²) < 4.78 is 5.65. The van der Waals surface area contributed by atoms with E-state index < -0.39 is 0 Å². The fraction of sp³-hybridized carbons (Fsp3) is 0.833. The molecule has 2 N–H and O–H groups in total. The standard InChI is InChI=1S/C24H43N5OS/c1-4-22-28-21(18-31-22)17-29-13-8-20(9-14-29)16-26-23(25-3)27-19-24(10-6-7-11-24)12-15-30-5-2/h18,20H,4-17,19H2,1-3H3,(H2,25,26,27). The summed E-state index contributed by atoms with van der Waals surface area (Å²) in [5.74, 6) is 1.68. The molecule has 2 fully saturated rings. The third-order valence-electron chi connectivity index (χ3n) is 7.05. The summed E-state index contributed by atoms with van der Waals surface area (Å²) in [6.07, 6.45) is 9.99. The highest BCUT2D eigenvalue weighted by Crippen LogP contribution is 2.40. The van der Waals surface area contributed by atoms with Gasteiger partial charge in [-0.1, -0.05) is 19.8 Å². The average molecular weight is 450 g/mol. The summed E-state index contributed by atoms with van der Waals surface area (Å²) in [5.41, 5.74) is 1.62. The Morgan fingerprint density at radius 1 is 1.26 bits per heavy atom. The minimum absolute atomic E-state index is 0.380. The van der Waals surface area contributed by atoms with Gasteiger partial charge in [0.15, 0.2) is 5.96 Å². The van der Waals surface area contributed by atoms with E-state index in [1.807, 2.05) is 7.05 Å². The number of aryl methyl sites for hydroxylation is 1. The highest BCUT2D eigenvalue weighted by atomic mass is 32.1. The number of likely N-dealkylation sites (tertiary alicyclic amines) is 1. The van der Waals surface area contributed by atoms with E-state index >= 15 is 0 Å². The van der Waals surface area contributed by atoms with Crippen molar-refractivity contribution in [2.75, 3.05) is 46.4 Å². The minimum atomic E-state index is 0.380.